The van der Waals surface area contributed by atoms with Crippen molar-refractivity contribution in [3.05, 3.63) is 12.2 Å². The van der Waals surface area contributed by atoms with Crippen LogP contribution in [0.2, 0.25) is 0 Å². The normalized spacial score (nSPS) is 53.1. The SMILES string of the molecule is CO[C@]1(/C=C/C2(C)OCCO2)[C@H]2O[C@@H](C(=O)C(O)C1(C)C)[C@@]1(C)[C@@H]2[C@@H]2COC(C)(C)O[C@H]2[C@H]2O[C@H]21. The fraction of sp³-hybridized carbons (Fsp3) is 0.885. The largest absolute Gasteiger partial charge is 0.385 e. The first-order valence-corrected chi connectivity index (χ1v) is 12.7. The van der Waals surface area contributed by atoms with Crippen molar-refractivity contribution in [3.63, 3.8) is 0 Å². The van der Waals surface area contributed by atoms with Gasteiger partial charge in [0.2, 0.25) is 0 Å². The summed E-state index contributed by atoms with van der Waals surface area (Å²) in [5.41, 5.74) is -2.84. The van der Waals surface area contributed by atoms with Crippen LogP contribution in [0.3, 0.4) is 0 Å². The van der Waals surface area contributed by atoms with Crippen molar-refractivity contribution < 1.29 is 43.1 Å². The Balaban J connectivity index is 1.50. The number of hydrogen-bond acceptors (Lipinski definition) is 9. The van der Waals surface area contributed by atoms with E-state index in [9.17, 15) is 9.90 Å². The van der Waals surface area contributed by atoms with E-state index in [4.69, 9.17) is 33.2 Å². The predicted octanol–water partition coefficient (Wildman–Crippen LogP) is 1.60. The molecule has 10 atom stereocenters. The van der Waals surface area contributed by atoms with Crippen molar-refractivity contribution in [2.45, 2.75) is 95.3 Å². The third-order valence-electron chi connectivity index (χ3n) is 9.75. The van der Waals surface area contributed by atoms with Gasteiger partial charge in [-0.25, -0.2) is 0 Å². The van der Waals surface area contributed by atoms with Gasteiger partial charge in [0.15, 0.2) is 17.4 Å². The zero-order valence-electron chi connectivity index (χ0n) is 21.6. The quantitative estimate of drug-likeness (QED) is 0.463. The van der Waals surface area contributed by atoms with Gasteiger partial charge >= 0.3 is 0 Å². The molecule has 6 fully saturated rings. The number of Topliss-reactive ketones (excluding diaryl/α,β-unsaturated/α-hetero) is 1. The molecule has 1 saturated carbocycles. The summed E-state index contributed by atoms with van der Waals surface area (Å²) >= 11 is 0. The third kappa shape index (κ3) is 3.07. The molecule has 196 valence electrons. The Bertz CT molecular complexity index is 939. The molecule has 5 heterocycles. The van der Waals surface area contributed by atoms with Crippen LogP contribution < -0.4 is 0 Å². The summed E-state index contributed by atoms with van der Waals surface area (Å²) < 4.78 is 43.4. The average molecular weight is 495 g/mol. The first kappa shape index (κ1) is 24.4. The summed E-state index contributed by atoms with van der Waals surface area (Å²) in [7, 11) is 1.61. The summed E-state index contributed by atoms with van der Waals surface area (Å²) in [4.78, 5) is 13.8. The van der Waals surface area contributed by atoms with E-state index in [0.29, 0.717) is 19.8 Å². The van der Waals surface area contributed by atoms with Crippen LogP contribution in [0.4, 0.5) is 0 Å². The number of ketones is 1. The maximum atomic E-state index is 13.8. The summed E-state index contributed by atoms with van der Waals surface area (Å²) in [5, 5.41) is 11.4. The molecule has 0 aromatic carbocycles. The van der Waals surface area contributed by atoms with E-state index in [1.165, 1.54) is 0 Å². The average Bonchev–Trinajstić information content (AvgIpc) is 3.42. The van der Waals surface area contributed by atoms with Gasteiger partial charge in [-0.3, -0.25) is 4.79 Å². The van der Waals surface area contributed by atoms with Crippen LogP contribution in [0, 0.1) is 22.7 Å². The van der Waals surface area contributed by atoms with Crippen LogP contribution in [0.1, 0.15) is 41.5 Å². The standard InChI is InChI=1S/C26H38O9/c1-22(2)18(28)15(27)20-25(6)14(13-12-32-23(3,4)35-16(13)17-21(25)33-17)19(34-20)26(22,29-7)9-8-24(5)30-10-11-31-24/h8-9,13-14,16-21,28H,10-12H2,1-7H3/b9-8+/t13-,14+,16+,17+,18?,19-,20-,21+,25+,26+/m0/s1. The minimum Gasteiger partial charge on any atom is -0.385 e. The van der Waals surface area contributed by atoms with Crippen molar-refractivity contribution in [2.75, 3.05) is 26.9 Å². The molecule has 5 saturated heterocycles. The highest BCUT2D eigenvalue weighted by Crippen LogP contribution is 2.68. The van der Waals surface area contributed by atoms with Crippen LogP contribution in [0.5, 0.6) is 0 Å². The van der Waals surface area contributed by atoms with E-state index in [2.05, 4.69) is 6.92 Å². The van der Waals surface area contributed by atoms with Gasteiger partial charge < -0.3 is 38.3 Å². The minimum absolute atomic E-state index is 0.0666. The molecule has 1 N–H and O–H groups in total. The highest BCUT2D eigenvalue weighted by atomic mass is 16.7. The van der Waals surface area contributed by atoms with Crippen LogP contribution in [-0.2, 0) is 38.0 Å². The molecule has 1 unspecified atom stereocenters. The van der Waals surface area contributed by atoms with Crippen molar-refractivity contribution in [3.8, 4) is 0 Å². The number of carbonyl (C=O) groups excluding carboxylic acids is 1. The predicted molar refractivity (Wildman–Crippen MR) is 121 cm³/mol. The van der Waals surface area contributed by atoms with Gasteiger partial charge in [-0.2, -0.15) is 0 Å². The molecule has 9 nitrogen and oxygen atoms in total. The van der Waals surface area contributed by atoms with E-state index in [0.717, 1.165) is 0 Å². The van der Waals surface area contributed by atoms with E-state index in [-0.39, 0.29) is 35.9 Å². The Morgan fingerprint density at radius 3 is 2.29 bits per heavy atom. The minimum atomic E-state index is -1.30. The Hall–Kier alpha value is -0.910. The lowest BCUT2D eigenvalue weighted by atomic mass is 9.51. The number of epoxide rings is 1. The van der Waals surface area contributed by atoms with Crippen LogP contribution in [0.25, 0.3) is 0 Å². The first-order chi connectivity index (χ1) is 16.3. The molecule has 0 amide bonds. The van der Waals surface area contributed by atoms with Gasteiger partial charge in [-0.15, -0.1) is 0 Å². The summed E-state index contributed by atoms with van der Waals surface area (Å²) in [5.74, 6) is -2.21. The Labute approximate surface area is 206 Å². The van der Waals surface area contributed by atoms with Gasteiger partial charge in [0.25, 0.3) is 0 Å². The van der Waals surface area contributed by atoms with E-state index in [1.807, 2.05) is 46.8 Å². The highest BCUT2D eigenvalue weighted by molar-refractivity contribution is 5.90. The number of rotatable bonds is 3. The molecule has 5 aliphatic heterocycles. The van der Waals surface area contributed by atoms with E-state index in [1.54, 1.807) is 7.11 Å². The third-order valence-corrected chi connectivity index (χ3v) is 9.75. The Morgan fingerprint density at radius 2 is 1.63 bits per heavy atom. The van der Waals surface area contributed by atoms with E-state index >= 15 is 0 Å². The molecule has 0 radical (unpaired) electrons. The number of fused-ring (bicyclic) bond motifs is 10. The zero-order chi connectivity index (χ0) is 25.2. The van der Waals surface area contributed by atoms with Crippen LogP contribution >= 0.6 is 0 Å². The fourth-order valence-electron chi connectivity index (χ4n) is 7.72. The lowest BCUT2D eigenvalue weighted by molar-refractivity contribution is -0.313. The molecule has 6 rings (SSSR count). The van der Waals surface area contributed by atoms with Crippen LogP contribution in [-0.4, -0.2) is 91.6 Å². The monoisotopic (exact) mass is 494 g/mol. The van der Waals surface area contributed by atoms with Gasteiger partial charge in [0, 0.05) is 29.8 Å². The Kier molecular flexibility index (Phi) is 5.13. The van der Waals surface area contributed by atoms with Gasteiger partial charge in [0.1, 0.15) is 23.9 Å². The fourth-order valence-corrected chi connectivity index (χ4v) is 7.72. The lowest BCUT2D eigenvalue weighted by Gasteiger charge is -2.56. The van der Waals surface area contributed by atoms with Crippen molar-refractivity contribution >= 4 is 5.78 Å². The molecule has 0 aromatic heterocycles. The summed E-state index contributed by atoms with van der Waals surface area (Å²) in [6, 6.07) is 0. The van der Waals surface area contributed by atoms with Crippen LogP contribution in [0.15, 0.2) is 12.2 Å². The topological polar surface area (TPSA) is 105 Å². The second kappa shape index (κ2) is 7.35. The summed E-state index contributed by atoms with van der Waals surface area (Å²) in [6.45, 7) is 12.9. The number of hydrogen-bond donors (Lipinski definition) is 1. The molecule has 0 aromatic rings. The second-order valence-corrected chi connectivity index (χ2v) is 12.4. The van der Waals surface area contributed by atoms with Crippen molar-refractivity contribution in [1.82, 2.24) is 0 Å². The first-order valence-electron chi connectivity index (χ1n) is 12.7. The molecular formula is C26H38O9. The molecule has 6 aliphatic rings. The molecule has 0 spiro atoms. The Morgan fingerprint density at radius 1 is 0.943 bits per heavy atom. The second-order valence-electron chi connectivity index (χ2n) is 12.4. The molecule has 35 heavy (non-hydrogen) atoms. The van der Waals surface area contributed by atoms with Gasteiger partial charge in [-0.05, 0) is 32.9 Å². The molecule has 2 bridgehead atoms. The number of aliphatic hydroxyl groups excluding tert-OH is 1. The summed E-state index contributed by atoms with van der Waals surface area (Å²) in [6.07, 6.45) is 0.527. The van der Waals surface area contributed by atoms with Gasteiger partial charge in [0.05, 0.1) is 38.1 Å². The molecule has 9 heteroatoms. The zero-order valence-corrected chi connectivity index (χ0v) is 21.6. The molecular weight excluding hydrogens is 456 g/mol. The molecule has 1 aliphatic carbocycles. The maximum absolute atomic E-state index is 13.8. The van der Waals surface area contributed by atoms with Crippen molar-refractivity contribution in [1.29, 1.82) is 0 Å². The smallest absolute Gasteiger partial charge is 0.191 e. The van der Waals surface area contributed by atoms with E-state index < -0.39 is 46.3 Å². The lowest BCUT2D eigenvalue weighted by Crippen LogP contribution is -2.68. The van der Waals surface area contributed by atoms with Gasteiger partial charge in [-0.1, -0.05) is 20.8 Å². The highest BCUT2D eigenvalue weighted by Gasteiger charge is 2.80. The maximum Gasteiger partial charge on any atom is 0.191 e. The number of ether oxygens (including phenoxy) is 7. The number of aliphatic hydroxyl groups is 1. The van der Waals surface area contributed by atoms with Crippen molar-refractivity contribution in [2.24, 2.45) is 22.7 Å². The number of carbonyl (C=O) groups is 1. The number of methoxy groups -OCH3 is 1.